The van der Waals surface area contributed by atoms with Gasteiger partial charge < -0.3 is 40.3 Å². The highest BCUT2D eigenvalue weighted by atomic mass is 16.5. The van der Waals surface area contributed by atoms with Gasteiger partial charge in [0, 0.05) is 48.3 Å². The Kier molecular flexibility index (Phi) is 17.7. The Balaban J connectivity index is 0.000000262. The molecule has 7 rings (SSSR count). The number of nitrogens with zero attached hydrogens (tertiary/aromatic N) is 4. The van der Waals surface area contributed by atoms with E-state index in [1.54, 1.807) is 96.6 Å². The van der Waals surface area contributed by atoms with E-state index in [0.717, 1.165) is 33.6 Å². The highest BCUT2D eigenvalue weighted by Crippen LogP contribution is 2.44. The van der Waals surface area contributed by atoms with Gasteiger partial charge in [0.25, 0.3) is 17.7 Å². The van der Waals surface area contributed by atoms with Gasteiger partial charge >= 0.3 is 12.1 Å². The van der Waals surface area contributed by atoms with Crippen LogP contribution >= 0.6 is 0 Å². The number of aryl methyl sites for hydroxylation is 2. The zero-order valence-electron chi connectivity index (χ0n) is 39.3. The third-order valence-electron chi connectivity index (χ3n) is 11.0. The van der Waals surface area contributed by atoms with E-state index in [0.29, 0.717) is 22.3 Å². The van der Waals surface area contributed by atoms with Crippen LogP contribution in [-0.2, 0) is 33.2 Å². The molecule has 4 atom stereocenters. The van der Waals surface area contributed by atoms with E-state index in [1.807, 2.05) is 50.5 Å². The van der Waals surface area contributed by atoms with Crippen LogP contribution < -0.4 is 27.2 Å². The quantitative estimate of drug-likeness (QED) is 0.0473. The van der Waals surface area contributed by atoms with Gasteiger partial charge in [0.05, 0.1) is 38.2 Å². The maximum absolute atomic E-state index is 13.0. The van der Waals surface area contributed by atoms with Gasteiger partial charge in [-0.05, 0) is 120 Å². The fraction of sp³-hybridized carbons (Fsp3) is 0.204. The molecule has 2 heterocycles. The minimum absolute atomic E-state index is 0.111. The highest BCUT2D eigenvalue weighted by Gasteiger charge is 2.32. The Morgan fingerprint density at radius 2 is 1.11 bits per heavy atom. The number of imidazole rings is 2. The first kappa shape index (κ1) is 51.0. The number of hydrogen-bond donors (Lipinski definition) is 6. The lowest BCUT2D eigenvalue weighted by Crippen LogP contribution is -2.54. The van der Waals surface area contributed by atoms with Crippen LogP contribution in [0.4, 0.5) is 4.79 Å². The van der Waals surface area contributed by atoms with Crippen LogP contribution in [0.5, 0.6) is 0 Å². The van der Waals surface area contributed by atoms with Crippen molar-refractivity contribution in [1.82, 2.24) is 40.5 Å². The molecule has 2 aromatic heterocycles. The average Bonchev–Trinajstić information content (AvgIpc) is 4.09. The van der Waals surface area contributed by atoms with Crippen molar-refractivity contribution in [1.29, 1.82) is 0 Å². The van der Waals surface area contributed by atoms with Crippen LogP contribution in [0, 0.1) is 47.4 Å². The summed E-state index contributed by atoms with van der Waals surface area (Å²) in [7, 11) is 4.90. The summed E-state index contributed by atoms with van der Waals surface area (Å²) in [5.74, 6) is 20.0. The summed E-state index contributed by atoms with van der Waals surface area (Å²) >= 11 is 0. The van der Waals surface area contributed by atoms with Crippen molar-refractivity contribution < 1.29 is 38.7 Å². The number of rotatable bonds is 11. The average molecular weight is 952 g/mol. The Morgan fingerprint density at radius 1 is 0.662 bits per heavy atom. The lowest BCUT2D eigenvalue weighted by molar-refractivity contribution is -0.143. The number of aromatic nitrogens is 4. The molecule has 17 nitrogen and oxygen atoms in total. The van der Waals surface area contributed by atoms with Gasteiger partial charge in [-0.3, -0.25) is 19.6 Å². The molecule has 71 heavy (non-hydrogen) atoms. The molecule has 358 valence electrons. The Labute approximate surface area is 410 Å². The summed E-state index contributed by atoms with van der Waals surface area (Å²) in [6, 6.07) is 25.4. The van der Waals surface area contributed by atoms with E-state index in [9.17, 15) is 24.0 Å². The van der Waals surface area contributed by atoms with Gasteiger partial charge in [-0.2, -0.15) is 0 Å². The standard InChI is InChI=1S/C35H30N4O5.C19H19N5O3/c1-23(37-35(42)44-21-31-29-14-8-6-12-27(29)28-13-7-9-15-30(28)31)32(34(41)43-3)38-33(40)25-18-16-24(17-19-25)10-4-5-11-26-20-36-22-39(26)2;1-13(20)17(19(26)23-27)22-18(25)15-9-7-14(8-10-15)5-3-4-6-16-11-21-12-24(16)2/h6-9,12-20,22-23,31-32H,21H2,1-3H3,(H,37,42)(H,38,40);7-13,17,27H,20H2,1-2H3,(H,22,25)(H,23,26)/t23-,32+;13-,17+/m11/s1. The normalized spacial score (nSPS) is 12.3. The van der Waals surface area contributed by atoms with Crippen LogP contribution in [0.2, 0.25) is 0 Å². The maximum atomic E-state index is 13.0. The molecule has 0 saturated carbocycles. The second-order valence-corrected chi connectivity index (χ2v) is 16.0. The predicted octanol–water partition coefficient (Wildman–Crippen LogP) is 3.80. The lowest BCUT2D eigenvalue weighted by Gasteiger charge is -2.24. The molecular formula is C54H49N9O8. The number of nitrogens with two attached hydrogens (primary N) is 1. The minimum atomic E-state index is -1.16. The molecule has 17 heteroatoms. The number of nitrogens with one attached hydrogen (secondary N) is 4. The number of benzene rings is 4. The zero-order valence-corrected chi connectivity index (χ0v) is 39.3. The van der Waals surface area contributed by atoms with Gasteiger partial charge in [-0.25, -0.2) is 25.0 Å². The van der Waals surface area contributed by atoms with E-state index in [4.69, 9.17) is 20.4 Å². The number of methoxy groups -OCH3 is 1. The molecule has 4 amide bonds. The summed E-state index contributed by atoms with van der Waals surface area (Å²) < 4.78 is 14.1. The molecule has 0 unspecified atom stereocenters. The van der Waals surface area contributed by atoms with Crippen LogP contribution in [0.25, 0.3) is 11.1 Å². The molecule has 0 fully saturated rings. The molecule has 0 radical (unpaired) electrons. The summed E-state index contributed by atoms with van der Waals surface area (Å²) in [5, 5.41) is 16.5. The summed E-state index contributed by atoms with van der Waals surface area (Å²) in [4.78, 5) is 70.1. The molecule has 1 aliphatic rings. The Hall–Kier alpha value is -9.39. The van der Waals surface area contributed by atoms with E-state index in [1.165, 1.54) is 12.6 Å². The molecule has 0 bridgehead atoms. The highest BCUT2D eigenvalue weighted by molar-refractivity contribution is 5.98. The SMILES string of the molecule is COC(=O)[C@@H](NC(=O)c1ccc(C#CC#Cc2cncn2C)cc1)[C@@H](C)NC(=O)OCC1c2ccccc2-c2ccccc21.C[C@@H](N)[C@H](NC(=O)c1ccc(C#CC#Cc2cncn2C)cc1)C(=O)NO. The van der Waals surface area contributed by atoms with Crippen LogP contribution in [0.1, 0.15) is 74.1 Å². The molecular weight excluding hydrogens is 903 g/mol. The molecule has 0 spiro atoms. The van der Waals surface area contributed by atoms with Crippen molar-refractivity contribution in [2.75, 3.05) is 13.7 Å². The first-order valence-electron chi connectivity index (χ1n) is 21.9. The fourth-order valence-corrected chi connectivity index (χ4v) is 7.14. The van der Waals surface area contributed by atoms with Gasteiger partial charge in [0.15, 0.2) is 0 Å². The molecule has 0 aliphatic heterocycles. The maximum Gasteiger partial charge on any atom is 0.407 e. The Morgan fingerprint density at radius 3 is 1.54 bits per heavy atom. The fourth-order valence-electron chi connectivity index (χ4n) is 7.14. The summed E-state index contributed by atoms with van der Waals surface area (Å²) in [6.07, 6.45) is 5.90. The Bertz CT molecular complexity index is 3120. The first-order valence-corrected chi connectivity index (χ1v) is 21.9. The largest absolute Gasteiger partial charge is 0.467 e. The van der Waals surface area contributed by atoms with Crippen molar-refractivity contribution in [2.24, 2.45) is 19.8 Å². The molecule has 4 aromatic carbocycles. The third kappa shape index (κ3) is 13.6. The van der Waals surface area contributed by atoms with Crippen LogP contribution in [0.3, 0.4) is 0 Å². The summed E-state index contributed by atoms with van der Waals surface area (Å²) in [5.41, 5.74) is 15.0. The van der Waals surface area contributed by atoms with Gasteiger partial charge in [-0.1, -0.05) is 60.4 Å². The zero-order chi connectivity index (χ0) is 50.9. The van der Waals surface area contributed by atoms with Crippen molar-refractivity contribution in [3.8, 4) is 58.5 Å². The predicted molar refractivity (Wildman–Crippen MR) is 263 cm³/mol. The first-order chi connectivity index (χ1) is 34.3. The van der Waals surface area contributed by atoms with Crippen molar-refractivity contribution >= 4 is 29.8 Å². The number of amides is 4. The van der Waals surface area contributed by atoms with Gasteiger partial charge in [0.1, 0.15) is 30.1 Å². The number of esters is 1. The van der Waals surface area contributed by atoms with E-state index in [2.05, 4.69) is 85.4 Å². The van der Waals surface area contributed by atoms with Crippen LogP contribution in [0.15, 0.2) is 122 Å². The van der Waals surface area contributed by atoms with E-state index < -0.39 is 54.0 Å². The van der Waals surface area contributed by atoms with Crippen molar-refractivity contribution in [3.63, 3.8) is 0 Å². The number of hydrogen-bond acceptors (Lipinski definition) is 11. The topological polar surface area (TPSA) is 234 Å². The smallest absolute Gasteiger partial charge is 0.407 e. The van der Waals surface area contributed by atoms with Crippen molar-refractivity contribution in [3.05, 3.63) is 167 Å². The van der Waals surface area contributed by atoms with E-state index >= 15 is 0 Å². The molecule has 1 aliphatic carbocycles. The molecule has 6 aromatic rings. The summed E-state index contributed by atoms with van der Waals surface area (Å²) in [6.45, 7) is 3.26. The monoisotopic (exact) mass is 951 g/mol. The number of carbonyl (C=O) groups excluding carboxylic acids is 5. The number of hydroxylamine groups is 1. The van der Waals surface area contributed by atoms with Crippen molar-refractivity contribution in [2.45, 2.75) is 43.9 Å². The lowest BCUT2D eigenvalue weighted by atomic mass is 9.98. The van der Waals surface area contributed by atoms with Gasteiger partial charge in [0.2, 0.25) is 0 Å². The second kappa shape index (κ2) is 24.6. The minimum Gasteiger partial charge on any atom is -0.467 e. The second-order valence-electron chi connectivity index (χ2n) is 16.0. The van der Waals surface area contributed by atoms with E-state index in [-0.39, 0.29) is 12.5 Å². The number of alkyl carbamates (subject to hydrolysis) is 1. The number of ether oxygens (including phenoxy) is 2. The third-order valence-corrected chi connectivity index (χ3v) is 11.0. The molecule has 0 saturated heterocycles. The molecule has 7 N–H and O–H groups in total. The number of carbonyl (C=O) groups is 5. The number of fused-ring (bicyclic) bond motifs is 3. The van der Waals surface area contributed by atoms with Gasteiger partial charge in [-0.15, -0.1) is 0 Å². The van der Waals surface area contributed by atoms with Crippen LogP contribution in [-0.4, -0.2) is 92.0 Å².